The molecule has 3 N–H and O–H groups in total. The molecule has 0 bridgehead atoms. The Morgan fingerprint density at radius 3 is 3.00 bits per heavy atom. The molecule has 1 aromatic carbocycles. The van der Waals surface area contributed by atoms with E-state index >= 15 is 0 Å². The summed E-state index contributed by atoms with van der Waals surface area (Å²) in [6.07, 6.45) is 5.17. The Morgan fingerprint density at radius 1 is 1.21 bits per heavy atom. The number of aromatic nitrogens is 4. The van der Waals surface area contributed by atoms with Crippen LogP contribution in [-0.4, -0.2) is 45.3 Å². The molecule has 4 aromatic rings. The Labute approximate surface area is 168 Å². The number of amides is 1. The van der Waals surface area contributed by atoms with E-state index in [1.54, 1.807) is 6.20 Å². The van der Waals surface area contributed by atoms with Gasteiger partial charge < -0.3 is 15.6 Å². The second-order valence-electron chi connectivity index (χ2n) is 7.56. The van der Waals surface area contributed by atoms with Gasteiger partial charge in [-0.15, -0.1) is 0 Å². The Balaban J connectivity index is 1.25. The average molecular weight is 388 g/mol. The third kappa shape index (κ3) is 3.49. The number of rotatable bonds is 6. The third-order valence-electron chi connectivity index (χ3n) is 5.65. The summed E-state index contributed by atoms with van der Waals surface area (Å²) in [5, 5.41) is 13.5. The van der Waals surface area contributed by atoms with Crippen molar-refractivity contribution in [3.63, 3.8) is 0 Å². The third-order valence-corrected chi connectivity index (χ3v) is 5.65. The van der Waals surface area contributed by atoms with Gasteiger partial charge >= 0.3 is 0 Å². The maximum absolute atomic E-state index is 12.4. The Kier molecular flexibility index (Phi) is 4.73. The van der Waals surface area contributed by atoms with Gasteiger partial charge in [0.15, 0.2) is 5.65 Å². The van der Waals surface area contributed by atoms with Crippen molar-refractivity contribution in [3.8, 4) is 0 Å². The lowest BCUT2D eigenvalue weighted by Gasteiger charge is -2.06. The number of carbonyl (C=O) groups excluding carboxylic acids is 1. The highest BCUT2D eigenvalue weighted by molar-refractivity contribution is 5.88. The number of benzene rings is 1. The van der Waals surface area contributed by atoms with Gasteiger partial charge in [0.25, 0.3) is 0 Å². The maximum atomic E-state index is 12.4. The van der Waals surface area contributed by atoms with Crippen molar-refractivity contribution in [2.24, 2.45) is 0 Å². The van der Waals surface area contributed by atoms with Crippen LogP contribution in [0.1, 0.15) is 23.6 Å². The van der Waals surface area contributed by atoms with Crippen LogP contribution >= 0.6 is 0 Å². The van der Waals surface area contributed by atoms with E-state index in [0.717, 1.165) is 52.7 Å². The minimum atomic E-state index is 0.0133. The molecule has 1 aliphatic heterocycles. The van der Waals surface area contributed by atoms with Gasteiger partial charge in [0.1, 0.15) is 0 Å². The number of pyridine rings is 1. The zero-order chi connectivity index (χ0) is 19.6. The highest BCUT2D eigenvalue weighted by Crippen LogP contribution is 2.27. The molecule has 0 radical (unpaired) electrons. The summed E-state index contributed by atoms with van der Waals surface area (Å²) in [6, 6.07) is 12.1. The minimum Gasteiger partial charge on any atom is -0.361 e. The molecule has 1 amide bonds. The average Bonchev–Trinajstić information content (AvgIpc) is 3.48. The number of aromatic amines is 1. The van der Waals surface area contributed by atoms with E-state index < -0.39 is 0 Å². The summed E-state index contributed by atoms with van der Waals surface area (Å²) in [6.45, 7) is 3.12. The first-order chi connectivity index (χ1) is 14.3. The lowest BCUT2D eigenvalue weighted by atomic mass is 10.0. The normalized spacial score (nSPS) is 16.6. The zero-order valence-electron chi connectivity index (χ0n) is 16.2. The van der Waals surface area contributed by atoms with Gasteiger partial charge in [-0.3, -0.25) is 4.79 Å². The van der Waals surface area contributed by atoms with Gasteiger partial charge in [-0.2, -0.15) is 5.10 Å². The Morgan fingerprint density at radius 2 is 2.10 bits per heavy atom. The fourth-order valence-electron chi connectivity index (χ4n) is 4.19. The smallest absolute Gasteiger partial charge is 0.224 e. The van der Waals surface area contributed by atoms with Crippen LogP contribution in [0, 0.1) is 0 Å². The van der Waals surface area contributed by atoms with Gasteiger partial charge in [-0.25, -0.2) is 9.67 Å². The number of nitrogens with one attached hydrogen (secondary N) is 3. The molecule has 0 aliphatic carbocycles. The number of hydrogen-bond acceptors (Lipinski definition) is 4. The first-order valence-electron chi connectivity index (χ1n) is 10.1. The van der Waals surface area contributed by atoms with E-state index in [9.17, 15) is 4.79 Å². The van der Waals surface area contributed by atoms with Crippen molar-refractivity contribution in [3.05, 3.63) is 60.0 Å². The Hall–Kier alpha value is -3.19. The zero-order valence-corrected chi connectivity index (χ0v) is 16.2. The highest BCUT2D eigenvalue weighted by Gasteiger charge is 2.23. The quantitative estimate of drug-likeness (QED) is 0.473. The van der Waals surface area contributed by atoms with E-state index in [1.807, 2.05) is 41.2 Å². The first kappa shape index (κ1) is 17.9. The monoisotopic (exact) mass is 388 g/mol. The molecule has 0 saturated carbocycles. The number of carbonyl (C=O) groups is 1. The van der Waals surface area contributed by atoms with Crippen LogP contribution < -0.4 is 10.6 Å². The molecule has 1 unspecified atom stereocenters. The van der Waals surface area contributed by atoms with Crippen molar-refractivity contribution >= 4 is 27.8 Å². The molecular formula is C22H24N6O. The lowest BCUT2D eigenvalue weighted by molar-refractivity contribution is -0.120. The lowest BCUT2D eigenvalue weighted by Crippen LogP contribution is -2.28. The molecular weight excluding hydrogens is 364 g/mol. The number of nitrogens with zero attached hydrogens (tertiary/aromatic N) is 3. The predicted octanol–water partition coefficient (Wildman–Crippen LogP) is 2.35. The van der Waals surface area contributed by atoms with Crippen molar-refractivity contribution in [1.82, 2.24) is 30.4 Å². The summed E-state index contributed by atoms with van der Waals surface area (Å²) >= 11 is 0. The molecule has 1 atom stereocenters. The van der Waals surface area contributed by atoms with Crippen molar-refractivity contribution in [2.45, 2.75) is 25.3 Å². The molecule has 7 nitrogen and oxygen atoms in total. The molecule has 4 heterocycles. The van der Waals surface area contributed by atoms with E-state index in [1.165, 1.54) is 0 Å². The molecule has 0 spiro atoms. The van der Waals surface area contributed by atoms with Crippen LogP contribution in [0.15, 0.2) is 48.8 Å². The highest BCUT2D eigenvalue weighted by atomic mass is 16.1. The van der Waals surface area contributed by atoms with Crippen molar-refractivity contribution in [1.29, 1.82) is 0 Å². The second-order valence-corrected chi connectivity index (χ2v) is 7.56. The van der Waals surface area contributed by atoms with Crippen molar-refractivity contribution in [2.75, 3.05) is 19.6 Å². The van der Waals surface area contributed by atoms with Gasteiger partial charge in [0.2, 0.25) is 5.91 Å². The minimum absolute atomic E-state index is 0.0133. The SMILES string of the molecule is O=C(Cc1c[nH]c2ccccc12)NCCn1nc(C2CCNC2)c2cccnc21. The van der Waals surface area contributed by atoms with Gasteiger partial charge in [0, 0.05) is 47.7 Å². The van der Waals surface area contributed by atoms with Gasteiger partial charge in [-0.1, -0.05) is 18.2 Å². The first-order valence-corrected chi connectivity index (χ1v) is 10.1. The largest absolute Gasteiger partial charge is 0.361 e. The number of hydrogen-bond donors (Lipinski definition) is 3. The van der Waals surface area contributed by atoms with Gasteiger partial charge in [0.05, 0.1) is 18.7 Å². The van der Waals surface area contributed by atoms with E-state index in [0.29, 0.717) is 25.4 Å². The van der Waals surface area contributed by atoms with E-state index in [4.69, 9.17) is 5.10 Å². The maximum Gasteiger partial charge on any atom is 0.224 e. The standard InChI is InChI=1S/C22H24N6O/c29-20(12-16-14-26-19-6-2-1-4-17(16)19)24-10-11-28-22-18(5-3-8-25-22)21(27-28)15-7-9-23-13-15/h1-6,8,14-15,23,26H,7,9-13H2,(H,24,29). The van der Waals surface area contributed by atoms with E-state index in [2.05, 4.69) is 26.7 Å². The molecule has 1 aliphatic rings. The molecule has 1 fully saturated rings. The summed E-state index contributed by atoms with van der Waals surface area (Å²) in [7, 11) is 0. The molecule has 1 saturated heterocycles. The molecule has 29 heavy (non-hydrogen) atoms. The molecule has 5 rings (SSSR count). The van der Waals surface area contributed by atoms with Crippen LogP contribution in [0.4, 0.5) is 0 Å². The van der Waals surface area contributed by atoms with Crippen LogP contribution in [0.3, 0.4) is 0 Å². The topological polar surface area (TPSA) is 87.6 Å². The van der Waals surface area contributed by atoms with Gasteiger partial charge in [-0.05, 0) is 36.7 Å². The molecule has 7 heteroatoms. The van der Waals surface area contributed by atoms with Crippen LogP contribution in [-0.2, 0) is 17.8 Å². The van der Waals surface area contributed by atoms with Crippen LogP contribution in [0.25, 0.3) is 21.9 Å². The summed E-state index contributed by atoms with van der Waals surface area (Å²) < 4.78 is 1.93. The number of fused-ring (bicyclic) bond motifs is 2. The number of H-pyrrole nitrogens is 1. The Bertz CT molecular complexity index is 1150. The summed E-state index contributed by atoms with van der Waals surface area (Å²) in [5.74, 6) is 0.443. The van der Waals surface area contributed by atoms with Crippen LogP contribution in [0.5, 0.6) is 0 Å². The predicted molar refractivity (Wildman–Crippen MR) is 113 cm³/mol. The van der Waals surface area contributed by atoms with Crippen molar-refractivity contribution < 1.29 is 4.79 Å². The fourth-order valence-corrected chi connectivity index (χ4v) is 4.19. The van der Waals surface area contributed by atoms with Crippen LogP contribution in [0.2, 0.25) is 0 Å². The summed E-state index contributed by atoms with van der Waals surface area (Å²) in [4.78, 5) is 20.2. The fraction of sp³-hybridized carbons (Fsp3) is 0.318. The summed E-state index contributed by atoms with van der Waals surface area (Å²) in [5.41, 5.74) is 4.07. The second kappa shape index (κ2) is 7.67. The molecule has 3 aromatic heterocycles. The number of para-hydroxylation sites is 1. The molecule has 148 valence electrons. The van der Waals surface area contributed by atoms with E-state index in [-0.39, 0.29) is 5.91 Å².